The van der Waals surface area contributed by atoms with Gasteiger partial charge in [0, 0.05) is 23.3 Å². The second kappa shape index (κ2) is 14.8. The minimum atomic E-state index is -0.0949. The fraction of sp³-hybridized carbons (Fsp3) is 0.364. The number of aliphatic hydroxyl groups is 4. The Morgan fingerprint density at radius 1 is 0.462 bits per heavy atom. The van der Waals surface area contributed by atoms with Crippen LogP contribution in [0.15, 0.2) is 91.6 Å². The van der Waals surface area contributed by atoms with E-state index in [1.165, 1.54) is 12.2 Å². The van der Waals surface area contributed by atoms with Crippen molar-refractivity contribution in [3.05, 3.63) is 126 Å². The Bertz CT molecular complexity index is 2050. The second-order valence-corrected chi connectivity index (χ2v) is 13.4. The molecule has 3 aliphatic rings. The largest absolute Gasteiger partial charge is 0.506 e. The maximum Gasteiger partial charge on any atom is 0.145 e. The Morgan fingerprint density at radius 3 is 1.13 bits per heavy atom. The number of hydrogen-bond donors (Lipinski definition) is 6. The molecular formula is C44H52N4O4. The van der Waals surface area contributed by atoms with Gasteiger partial charge in [-0.05, 0) is 102 Å². The van der Waals surface area contributed by atoms with Crippen LogP contribution < -0.4 is 0 Å². The molecule has 8 heteroatoms. The van der Waals surface area contributed by atoms with Crippen LogP contribution in [0.1, 0.15) is 126 Å². The zero-order valence-electron chi connectivity index (χ0n) is 31.8. The molecule has 2 aromatic heterocycles. The summed E-state index contributed by atoms with van der Waals surface area (Å²) in [7, 11) is 0. The van der Waals surface area contributed by atoms with Crippen molar-refractivity contribution in [1.82, 2.24) is 9.97 Å². The van der Waals surface area contributed by atoms with E-state index in [1.54, 1.807) is 0 Å². The standard InChI is InChI=1S/C44H52N4O4/c1-9-25-27(11-3)39-33(49)21-35(51)41-29(13-5)31(15-7)43(47-41)44-32(16-8)30(14-6)42(48-44)36(52)22-34(50)40-28(12-4)26(10-2)38(46-40)24-19-17-18-23(20-24)37(25)45-39/h17-22,47-52H,9-16H2,1-8H3. The molecule has 0 atom stereocenters. The molecule has 0 saturated carbocycles. The van der Waals surface area contributed by atoms with Gasteiger partial charge in [0.15, 0.2) is 0 Å². The number of hydrogen-bond acceptors (Lipinski definition) is 6. The third kappa shape index (κ3) is 5.88. The van der Waals surface area contributed by atoms with E-state index in [0.29, 0.717) is 74.1 Å². The van der Waals surface area contributed by atoms with E-state index in [0.717, 1.165) is 78.5 Å². The molecule has 6 rings (SSSR count). The quantitative estimate of drug-likeness (QED) is 0.139. The molecule has 52 heavy (non-hydrogen) atoms. The first-order valence-corrected chi connectivity index (χ1v) is 19.0. The molecule has 272 valence electrons. The van der Waals surface area contributed by atoms with Crippen molar-refractivity contribution in [1.29, 1.82) is 0 Å². The third-order valence-corrected chi connectivity index (χ3v) is 10.8. The molecule has 0 fully saturated rings. The van der Waals surface area contributed by atoms with E-state index in [4.69, 9.17) is 9.98 Å². The molecule has 5 heterocycles. The Labute approximate surface area is 307 Å². The normalized spacial score (nSPS) is 16.4. The maximum atomic E-state index is 11.7. The van der Waals surface area contributed by atoms with Crippen molar-refractivity contribution in [2.45, 2.75) is 107 Å². The van der Waals surface area contributed by atoms with Crippen LogP contribution in [0.2, 0.25) is 0 Å². The smallest absolute Gasteiger partial charge is 0.145 e. The van der Waals surface area contributed by atoms with Gasteiger partial charge in [0.05, 0.1) is 34.2 Å². The molecule has 0 aliphatic carbocycles. The van der Waals surface area contributed by atoms with Gasteiger partial charge in [0.25, 0.3) is 0 Å². The van der Waals surface area contributed by atoms with Gasteiger partial charge in [0.1, 0.15) is 34.4 Å². The zero-order chi connectivity index (χ0) is 37.4. The molecule has 3 aliphatic heterocycles. The third-order valence-electron chi connectivity index (χ3n) is 10.8. The number of H-pyrrole nitrogens is 2. The molecule has 10 bridgehead atoms. The Balaban J connectivity index is 1.73. The van der Waals surface area contributed by atoms with Crippen molar-refractivity contribution < 1.29 is 20.4 Å². The summed E-state index contributed by atoms with van der Waals surface area (Å²) in [5, 5.41) is 46.8. The molecule has 1 aromatic carbocycles. The fourth-order valence-corrected chi connectivity index (χ4v) is 8.42. The van der Waals surface area contributed by atoms with Crippen LogP contribution in [0.4, 0.5) is 0 Å². The van der Waals surface area contributed by atoms with E-state index < -0.39 is 0 Å². The van der Waals surface area contributed by atoms with E-state index in [9.17, 15) is 20.4 Å². The number of aliphatic hydroxyl groups excluding tert-OH is 4. The Kier molecular flexibility index (Phi) is 10.4. The molecule has 8 nitrogen and oxygen atoms in total. The number of aromatic amines is 2. The summed E-state index contributed by atoms with van der Waals surface area (Å²) in [5.41, 5.74) is 15.0. The van der Waals surface area contributed by atoms with Gasteiger partial charge in [-0.1, -0.05) is 73.6 Å². The number of aliphatic imine (C=N–C) groups is 2. The average Bonchev–Trinajstić information content (AvgIpc) is 3.92. The summed E-state index contributed by atoms with van der Waals surface area (Å²) in [6, 6.07) is 8.11. The van der Waals surface area contributed by atoms with Crippen LogP contribution >= 0.6 is 0 Å². The predicted octanol–water partition coefficient (Wildman–Crippen LogP) is 11.1. The lowest BCUT2D eigenvalue weighted by molar-refractivity contribution is 0.419. The van der Waals surface area contributed by atoms with Gasteiger partial charge in [-0.2, -0.15) is 0 Å². The molecule has 0 radical (unpaired) electrons. The lowest BCUT2D eigenvalue weighted by atomic mass is 9.92. The highest BCUT2D eigenvalue weighted by molar-refractivity contribution is 6.20. The maximum absolute atomic E-state index is 11.7. The highest BCUT2D eigenvalue weighted by Crippen LogP contribution is 2.40. The molecule has 0 saturated heterocycles. The van der Waals surface area contributed by atoms with E-state index in [1.807, 2.05) is 18.2 Å². The second-order valence-electron chi connectivity index (χ2n) is 13.4. The van der Waals surface area contributed by atoms with E-state index >= 15 is 0 Å². The van der Waals surface area contributed by atoms with Crippen LogP contribution in [0.3, 0.4) is 0 Å². The van der Waals surface area contributed by atoms with E-state index in [-0.39, 0.29) is 23.0 Å². The Morgan fingerprint density at radius 2 is 0.808 bits per heavy atom. The molecule has 6 N–H and O–H groups in total. The van der Waals surface area contributed by atoms with Gasteiger partial charge < -0.3 is 30.4 Å². The van der Waals surface area contributed by atoms with Crippen molar-refractivity contribution >= 4 is 22.9 Å². The lowest BCUT2D eigenvalue weighted by Gasteiger charge is -2.11. The molecule has 3 aromatic rings. The number of allylic oxidation sites excluding steroid dienone is 6. The fourth-order valence-electron chi connectivity index (χ4n) is 8.42. The van der Waals surface area contributed by atoms with E-state index in [2.05, 4.69) is 71.4 Å². The highest BCUT2D eigenvalue weighted by Gasteiger charge is 2.30. The van der Waals surface area contributed by atoms with Crippen LogP contribution in [0.5, 0.6) is 0 Å². The van der Waals surface area contributed by atoms with Gasteiger partial charge in [-0.3, -0.25) is 0 Å². The van der Waals surface area contributed by atoms with Crippen molar-refractivity contribution in [2.24, 2.45) is 9.98 Å². The SMILES string of the molecule is CCC1=C(CC)C2=C(O)C=C(O)c3[nH]c(c(CC)c3CC)-c3[nH]c(c(CC)c3CC)C(O)=CC(O)=C3N=C(C(CC)=C3CC)c3cccc(c3)C1=N2. The van der Waals surface area contributed by atoms with Gasteiger partial charge >= 0.3 is 0 Å². The Hall–Kier alpha value is -5.24. The summed E-state index contributed by atoms with van der Waals surface area (Å²) in [6.45, 7) is 16.6. The molecule has 0 spiro atoms. The highest BCUT2D eigenvalue weighted by atomic mass is 16.3. The summed E-state index contributed by atoms with van der Waals surface area (Å²) < 4.78 is 0. The first-order chi connectivity index (χ1) is 25.1. The lowest BCUT2D eigenvalue weighted by Crippen LogP contribution is -2.07. The number of benzene rings is 1. The van der Waals surface area contributed by atoms with Crippen molar-refractivity contribution in [3.63, 3.8) is 0 Å². The number of nitrogens with one attached hydrogen (secondary N) is 2. The van der Waals surface area contributed by atoms with Gasteiger partial charge in [0.2, 0.25) is 0 Å². The first-order valence-electron chi connectivity index (χ1n) is 19.0. The zero-order valence-corrected chi connectivity index (χ0v) is 31.8. The number of nitrogens with zero attached hydrogens (tertiary/aromatic N) is 2. The van der Waals surface area contributed by atoms with Crippen molar-refractivity contribution in [3.8, 4) is 11.4 Å². The van der Waals surface area contributed by atoms with Gasteiger partial charge in [-0.25, -0.2) is 9.98 Å². The van der Waals surface area contributed by atoms with Crippen molar-refractivity contribution in [2.75, 3.05) is 0 Å². The minimum absolute atomic E-state index is 0.0766. The number of rotatable bonds is 8. The summed E-state index contributed by atoms with van der Waals surface area (Å²) >= 11 is 0. The van der Waals surface area contributed by atoms with Crippen LogP contribution in [0, 0.1) is 0 Å². The number of fused-ring (bicyclic) bond motifs is 11. The molecule has 0 amide bonds. The monoisotopic (exact) mass is 700 g/mol. The van der Waals surface area contributed by atoms with Crippen LogP contribution in [-0.4, -0.2) is 41.8 Å². The summed E-state index contributed by atoms with van der Waals surface area (Å²) in [6.07, 6.45) is 8.29. The van der Waals surface area contributed by atoms with Crippen LogP contribution in [0.25, 0.3) is 22.9 Å². The average molecular weight is 701 g/mol. The molecular weight excluding hydrogens is 649 g/mol. The van der Waals surface area contributed by atoms with Gasteiger partial charge in [-0.15, -0.1) is 0 Å². The minimum Gasteiger partial charge on any atom is -0.506 e. The summed E-state index contributed by atoms with van der Waals surface area (Å²) in [4.78, 5) is 17.1. The topological polar surface area (TPSA) is 137 Å². The first kappa shape index (κ1) is 36.5. The molecule has 0 unspecified atom stereocenters. The summed E-state index contributed by atoms with van der Waals surface area (Å²) in [5.74, 6) is -0.343. The predicted molar refractivity (Wildman–Crippen MR) is 213 cm³/mol. The van der Waals surface area contributed by atoms with Crippen LogP contribution in [-0.2, 0) is 25.7 Å². The number of aromatic nitrogens is 2.